The van der Waals surface area contributed by atoms with Gasteiger partial charge in [-0.05, 0) is 54.5 Å². The van der Waals surface area contributed by atoms with Gasteiger partial charge in [0.2, 0.25) is 5.91 Å². The van der Waals surface area contributed by atoms with E-state index in [1.165, 1.54) is 21.6 Å². The van der Waals surface area contributed by atoms with Gasteiger partial charge in [0.25, 0.3) is 0 Å². The summed E-state index contributed by atoms with van der Waals surface area (Å²) in [5.41, 5.74) is 5.79. The van der Waals surface area contributed by atoms with Crippen molar-refractivity contribution in [3.63, 3.8) is 0 Å². The average Bonchev–Trinajstić information content (AvgIpc) is 3.13. The van der Waals surface area contributed by atoms with Crippen molar-refractivity contribution in [1.82, 2.24) is 4.90 Å². The molecular weight excluding hydrogens is 352 g/mol. The predicted octanol–water partition coefficient (Wildman–Crippen LogP) is 4.95. The molecule has 0 saturated heterocycles. The Kier molecular flexibility index (Phi) is 5.10. The van der Waals surface area contributed by atoms with E-state index in [0.29, 0.717) is 6.54 Å². The standard InChI is InChI=1S/C23H24N2OS/c1-16-8-9-20(17(2)14-16)24-22(26)15-25-12-10-21-19(11-13-27-21)23(25)18-6-4-3-5-7-18/h3-9,11,13-14,23H,10,12,15H2,1-2H3,(H,24,26)/t23-/m0/s1. The molecule has 4 rings (SSSR count). The van der Waals surface area contributed by atoms with E-state index in [1.54, 1.807) is 0 Å². The number of anilines is 1. The second-order valence-corrected chi connectivity index (χ2v) is 8.20. The molecular formula is C23H24N2OS. The number of benzene rings is 2. The van der Waals surface area contributed by atoms with Crippen molar-refractivity contribution < 1.29 is 4.79 Å². The highest BCUT2D eigenvalue weighted by atomic mass is 32.1. The van der Waals surface area contributed by atoms with Crippen LogP contribution in [0.5, 0.6) is 0 Å². The fraction of sp³-hybridized carbons (Fsp3) is 0.261. The predicted molar refractivity (Wildman–Crippen MR) is 112 cm³/mol. The maximum atomic E-state index is 12.8. The Labute approximate surface area is 164 Å². The number of nitrogens with zero attached hydrogens (tertiary/aromatic N) is 1. The number of nitrogens with one attached hydrogen (secondary N) is 1. The number of aryl methyl sites for hydroxylation is 2. The van der Waals surface area contributed by atoms with Crippen molar-refractivity contribution in [2.24, 2.45) is 0 Å². The van der Waals surface area contributed by atoms with Gasteiger partial charge in [0.05, 0.1) is 12.6 Å². The van der Waals surface area contributed by atoms with Crippen molar-refractivity contribution in [2.75, 3.05) is 18.4 Å². The second-order valence-electron chi connectivity index (χ2n) is 7.20. The van der Waals surface area contributed by atoms with E-state index in [0.717, 1.165) is 24.2 Å². The molecule has 138 valence electrons. The van der Waals surface area contributed by atoms with E-state index >= 15 is 0 Å². The van der Waals surface area contributed by atoms with Crippen molar-refractivity contribution in [2.45, 2.75) is 26.3 Å². The molecule has 0 fully saturated rings. The first kappa shape index (κ1) is 18.0. The van der Waals surface area contributed by atoms with E-state index in [2.05, 4.69) is 58.9 Å². The van der Waals surface area contributed by atoms with Gasteiger partial charge in [-0.1, -0.05) is 48.0 Å². The van der Waals surface area contributed by atoms with Crippen molar-refractivity contribution in [3.05, 3.63) is 87.1 Å². The Balaban J connectivity index is 1.56. The summed E-state index contributed by atoms with van der Waals surface area (Å²) >= 11 is 1.82. The van der Waals surface area contributed by atoms with Crippen LogP contribution < -0.4 is 5.32 Å². The van der Waals surface area contributed by atoms with Gasteiger partial charge in [0.15, 0.2) is 0 Å². The average molecular weight is 377 g/mol. The van der Waals surface area contributed by atoms with E-state index in [9.17, 15) is 4.79 Å². The van der Waals surface area contributed by atoms with Crippen LogP contribution in [0.1, 0.15) is 33.2 Å². The van der Waals surface area contributed by atoms with Gasteiger partial charge >= 0.3 is 0 Å². The molecule has 1 aromatic heterocycles. The van der Waals surface area contributed by atoms with Crippen LogP contribution in [0.4, 0.5) is 5.69 Å². The largest absolute Gasteiger partial charge is 0.325 e. The van der Waals surface area contributed by atoms with Crippen LogP contribution in [0.3, 0.4) is 0 Å². The van der Waals surface area contributed by atoms with Gasteiger partial charge < -0.3 is 5.32 Å². The van der Waals surface area contributed by atoms with Gasteiger partial charge in [0.1, 0.15) is 0 Å². The first-order valence-corrected chi connectivity index (χ1v) is 10.2. The number of rotatable bonds is 4. The first-order valence-electron chi connectivity index (χ1n) is 9.34. The molecule has 1 atom stereocenters. The Morgan fingerprint density at radius 1 is 1.15 bits per heavy atom. The highest BCUT2D eigenvalue weighted by Gasteiger charge is 2.30. The Hall–Kier alpha value is -2.43. The molecule has 1 amide bonds. The quantitative estimate of drug-likeness (QED) is 0.699. The van der Waals surface area contributed by atoms with Crippen LogP contribution in [0.2, 0.25) is 0 Å². The molecule has 0 radical (unpaired) electrons. The summed E-state index contributed by atoms with van der Waals surface area (Å²) in [5.74, 6) is 0.0431. The van der Waals surface area contributed by atoms with E-state index in [4.69, 9.17) is 0 Å². The monoisotopic (exact) mass is 376 g/mol. The molecule has 0 saturated carbocycles. The van der Waals surface area contributed by atoms with E-state index in [-0.39, 0.29) is 11.9 Å². The van der Waals surface area contributed by atoms with Gasteiger partial charge in [-0.25, -0.2) is 0 Å². The molecule has 2 aromatic carbocycles. The molecule has 1 aliphatic heterocycles. The van der Waals surface area contributed by atoms with Crippen molar-refractivity contribution in [3.8, 4) is 0 Å². The van der Waals surface area contributed by atoms with Crippen LogP contribution in [-0.4, -0.2) is 23.9 Å². The van der Waals surface area contributed by atoms with Gasteiger partial charge in [-0.2, -0.15) is 0 Å². The Morgan fingerprint density at radius 3 is 2.74 bits per heavy atom. The third-order valence-corrected chi connectivity index (χ3v) is 6.18. The van der Waals surface area contributed by atoms with E-state index in [1.807, 2.05) is 36.5 Å². The summed E-state index contributed by atoms with van der Waals surface area (Å²) in [5, 5.41) is 5.26. The lowest BCUT2D eigenvalue weighted by Crippen LogP contribution is -2.40. The summed E-state index contributed by atoms with van der Waals surface area (Å²) in [7, 11) is 0. The van der Waals surface area contributed by atoms with Crippen LogP contribution in [0.15, 0.2) is 60.0 Å². The van der Waals surface area contributed by atoms with Crippen LogP contribution in [0, 0.1) is 13.8 Å². The lowest BCUT2D eigenvalue weighted by atomic mass is 9.93. The molecule has 2 heterocycles. The van der Waals surface area contributed by atoms with Crippen molar-refractivity contribution >= 4 is 22.9 Å². The molecule has 0 spiro atoms. The number of carbonyl (C=O) groups excluding carboxylic acids is 1. The van der Waals surface area contributed by atoms with Gasteiger partial charge in [0, 0.05) is 17.1 Å². The Morgan fingerprint density at radius 2 is 1.96 bits per heavy atom. The second kappa shape index (κ2) is 7.67. The molecule has 1 aliphatic rings. The van der Waals surface area contributed by atoms with Crippen LogP contribution >= 0.6 is 11.3 Å². The zero-order valence-electron chi connectivity index (χ0n) is 15.7. The van der Waals surface area contributed by atoms with E-state index < -0.39 is 0 Å². The maximum absolute atomic E-state index is 12.8. The summed E-state index contributed by atoms with van der Waals surface area (Å²) in [6.45, 7) is 5.39. The fourth-order valence-corrected chi connectivity index (χ4v) is 4.80. The molecule has 3 nitrogen and oxygen atoms in total. The lowest BCUT2D eigenvalue weighted by Gasteiger charge is -2.35. The molecule has 3 aromatic rings. The number of hydrogen-bond acceptors (Lipinski definition) is 3. The third-order valence-electron chi connectivity index (χ3n) is 5.18. The maximum Gasteiger partial charge on any atom is 0.238 e. The third kappa shape index (κ3) is 3.82. The zero-order valence-corrected chi connectivity index (χ0v) is 16.6. The SMILES string of the molecule is Cc1ccc(NC(=O)CN2CCc3sccc3[C@@H]2c2ccccc2)c(C)c1. The Bertz CT molecular complexity index is 948. The lowest BCUT2D eigenvalue weighted by molar-refractivity contribution is -0.117. The molecule has 27 heavy (non-hydrogen) atoms. The fourth-order valence-electron chi connectivity index (χ4n) is 3.89. The molecule has 4 heteroatoms. The molecule has 0 unspecified atom stereocenters. The minimum absolute atomic E-state index is 0.0431. The normalized spacial score (nSPS) is 16.7. The summed E-state index contributed by atoms with van der Waals surface area (Å²) < 4.78 is 0. The topological polar surface area (TPSA) is 32.3 Å². The van der Waals surface area contributed by atoms with Crippen LogP contribution in [0.25, 0.3) is 0 Å². The molecule has 1 N–H and O–H groups in total. The highest BCUT2D eigenvalue weighted by Crippen LogP contribution is 2.37. The minimum atomic E-state index is 0.0431. The smallest absolute Gasteiger partial charge is 0.238 e. The zero-order chi connectivity index (χ0) is 18.8. The first-order chi connectivity index (χ1) is 13.1. The van der Waals surface area contributed by atoms with Gasteiger partial charge in [-0.15, -0.1) is 11.3 Å². The number of carbonyl (C=O) groups is 1. The molecule has 0 aliphatic carbocycles. The number of hydrogen-bond donors (Lipinski definition) is 1. The summed E-state index contributed by atoms with van der Waals surface area (Å²) in [6, 6.07) is 19.0. The summed E-state index contributed by atoms with van der Waals surface area (Å²) in [4.78, 5) is 16.5. The highest BCUT2D eigenvalue weighted by molar-refractivity contribution is 7.10. The number of amides is 1. The van der Waals surface area contributed by atoms with Crippen LogP contribution in [-0.2, 0) is 11.2 Å². The van der Waals surface area contributed by atoms with Crippen molar-refractivity contribution in [1.29, 1.82) is 0 Å². The molecule has 0 bridgehead atoms. The number of thiophene rings is 1. The van der Waals surface area contributed by atoms with Gasteiger partial charge in [-0.3, -0.25) is 9.69 Å². The summed E-state index contributed by atoms with van der Waals surface area (Å²) in [6.07, 6.45) is 1.01. The number of fused-ring (bicyclic) bond motifs is 1. The minimum Gasteiger partial charge on any atom is -0.325 e.